The third-order valence-corrected chi connectivity index (χ3v) is 2.91. The largest absolute Gasteiger partial charge is 0.399 e. The van der Waals surface area contributed by atoms with E-state index in [0.29, 0.717) is 0 Å². The van der Waals surface area contributed by atoms with Gasteiger partial charge in [0.2, 0.25) is 0 Å². The van der Waals surface area contributed by atoms with E-state index in [9.17, 15) is 0 Å². The van der Waals surface area contributed by atoms with Crippen molar-refractivity contribution in [1.82, 2.24) is 0 Å². The summed E-state index contributed by atoms with van der Waals surface area (Å²) >= 11 is 6.11. The number of halogens is 1. The summed E-state index contributed by atoms with van der Waals surface area (Å²) < 4.78 is 0. The van der Waals surface area contributed by atoms with Crippen molar-refractivity contribution in [2.75, 3.05) is 24.2 Å². The minimum atomic E-state index is 0.721. The summed E-state index contributed by atoms with van der Waals surface area (Å²) in [4.78, 5) is 2.21. The fourth-order valence-electron chi connectivity index (χ4n) is 1.62. The zero-order valence-corrected chi connectivity index (χ0v) is 9.09. The molecule has 2 rings (SSSR count). The molecular formula is C11H15ClN2. The molecule has 0 unspecified atom stereocenters. The Kier molecular flexibility index (Phi) is 2.55. The zero-order valence-electron chi connectivity index (χ0n) is 8.33. The summed E-state index contributed by atoms with van der Waals surface area (Å²) in [6, 6.07) is 5.69. The molecule has 0 heterocycles. The molecule has 0 aromatic heterocycles. The molecule has 2 N–H and O–H groups in total. The Morgan fingerprint density at radius 3 is 2.79 bits per heavy atom. The maximum atomic E-state index is 6.11. The molecule has 0 bridgehead atoms. The minimum absolute atomic E-state index is 0.721. The van der Waals surface area contributed by atoms with Crippen LogP contribution < -0.4 is 10.6 Å². The van der Waals surface area contributed by atoms with Gasteiger partial charge in [-0.15, -0.1) is 0 Å². The second-order valence-electron chi connectivity index (χ2n) is 4.03. The quantitative estimate of drug-likeness (QED) is 0.778. The van der Waals surface area contributed by atoms with Crippen molar-refractivity contribution in [3.05, 3.63) is 23.2 Å². The number of nitrogens with zero attached hydrogens (tertiary/aromatic N) is 1. The standard InChI is InChI=1S/C11H15ClN2/c1-14(7-8-2-3-8)11-5-4-9(13)6-10(11)12/h4-6,8H,2-3,7,13H2,1H3. The van der Waals surface area contributed by atoms with E-state index in [1.165, 1.54) is 12.8 Å². The highest BCUT2D eigenvalue weighted by Crippen LogP contribution is 2.33. The van der Waals surface area contributed by atoms with E-state index < -0.39 is 0 Å². The monoisotopic (exact) mass is 210 g/mol. The molecule has 1 aromatic rings. The van der Waals surface area contributed by atoms with Gasteiger partial charge in [-0.1, -0.05) is 11.6 Å². The van der Waals surface area contributed by atoms with Gasteiger partial charge in [0.25, 0.3) is 0 Å². The second kappa shape index (κ2) is 3.70. The van der Waals surface area contributed by atoms with Crippen molar-refractivity contribution >= 4 is 23.0 Å². The van der Waals surface area contributed by atoms with Gasteiger partial charge in [-0.2, -0.15) is 0 Å². The SMILES string of the molecule is CN(CC1CC1)c1ccc(N)cc1Cl. The van der Waals surface area contributed by atoms with E-state index in [4.69, 9.17) is 17.3 Å². The van der Waals surface area contributed by atoms with Gasteiger partial charge in [0.1, 0.15) is 0 Å². The lowest BCUT2D eigenvalue weighted by Gasteiger charge is -2.20. The predicted molar refractivity (Wildman–Crippen MR) is 61.9 cm³/mol. The number of hydrogen-bond acceptors (Lipinski definition) is 2. The first-order valence-corrected chi connectivity index (χ1v) is 5.31. The van der Waals surface area contributed by atoms with E-state index in [1.807, 2.05) is 12.1 Å². The Bertz CT molecular complexity index is 334. The van der Waals surface area contributed by atoms with Crippen LogP contribution in [0.1, 0.15) is 12.8 Å². The maximum Gasteiger partial charge on any atom is 0.0659 e. The summed E-state index contributed by atoms with van der Waals surface area (Å²) in [5.74, 6) is 0.869. The van der Waals surface area contributed by atoms with Crippen LogP contribution in [-0.2, 0) is 0 Å². The molecule has 0 spiro atoms. The van der Waals surface area contributed by atoms with Gasteiger partial charge < -0.3 is 10.6 Å². The van der Waals surface area contributed by atoms with Crippen LogP contribution >= 0.6 is 11.6 Å². The number of benzene rings is 1. The van der Waals surface area contributed by atoms with E-state index in [0.717, 1.165) is 28.9 Å². The highest BCUT2D eigenvalue weighted by Gasteiger charge is 2.23. The summed E-state index contributed by atoms with van der Waals surface area (Å²) in [5, 5.41) is 0.744. The fraction of sp³-hybridized carbons (Fsp3) is 0.455. The highest BCUT2D eigenvalue weighted by atomic mass is 35.5. The topological polar surface area (TPSA) is 29.3 Å². The lowest BCUT2D eigenvalue weighted by molar-refractivity contribution is 0.787. The maximum absolute atomic E-state index is 6.11. The van der Waals surface area contributed by atoms with Crippen LogP contribution in [0.25, 0.3) is 0 Å². The summed E-state index contributed by atoms with van der Waals surface area (Å²) in [7, 11) is 2.08. The average molecular weight is 211 g/mol. The Morgan fingerprint density at radius 2 is 2.21 bits per heavy atom. The van der Waals surface area contributed by atoms with Gasteiger partial charge in [-0.25, -0.2) is 0 Å². The molecule has 2 nitrogen and oxygen atoms in total. The van der Waals surface area contributed by atoms with Crippen molar-refractivity contribution in [2.45, 2.75) is 12.8 Å². The molecule has 0 atom stereocenters. The minimum Gasteiger partial charge on any atom is -0.399 e. The van der Waals surface area contributed by atoms with Gasteiger partial charge >= 0.3 is 0 Å². The van der Waals surface area contributed by atoms with E-state index in [1.54, 1.807) is 6.07 Å². The zero-order chi connectivity index (χ0) is 10.1. The van der Waals surface area contributed by atoms with E-state index >= 15 is 0 Å². The molecular weight excluding hydrogens is 196 g/mol. The van der Waals surface area contributed by atoms with Crippen molar-refractivity contribution in [3.8, 4) is 0 Å². The first-order chi connectivity index (χ1) is 6.66. The Morgan fingerprint density at radius 1 is 1.50 bits per heavy atom. The molecule has 0 saturated heterocycles. The van der Waals surface area contributed by atoms with Crippen LogP contribution in [0, 0.1) is 5.92 Å². The molecule has 1 fully saturated rings. The number of anilines is 2. The Balaban J connectivity index is 2.13. The van der Waals surface area contributed by atoms with Crippen molar-refractivity contribution < 1.29 is 0 Å². The van der Waals surface area contributed by atoms with Crippen LogP contribution in [0.5, 0.6) is 0 Å². The molecule has 14 heavy (non-hydrogen) atoms. The molecule has 0 amide bonds. The highest BCUT2D eigenvalue weighted by molar-refractivity contribution is 6.33. The van der Waals surface area contributed by atoms with Crippen molar-refractivity contribution in [1.29, 1.82) is 0 Å². The van der Waals surface area contributed by atoms with Crippen LogP contribution in [0.15, 0.2) is 18.2 Å². The molecule has 1 saturated carbocycles. The first-order valence-electron chi connectivity index (χ1n) is 4.93. The second-order valence-corrected chi connectivity index (χ2v) is 4.44. The number of nitrogens with two attached hydrogens (primary N) is 1. The van der Waals surface area contributed by atoms with Gasteiger partial charge in [-0.3, -0.25) is 0 Å². The molecule has 1 aliphatic carbocycles. The predicted octanol–water partition coefficient (Wildman–Crippen LogP) is 2.77. The van der Waals surface area contributed by atoms with E-state index in [2.05, 4.69) is 11.9 Å². The number of rotatable bonds is 3. The Labute approximate surface area is 89.7 Å². The van der Waals surface area contributed by atoms with E-state index in [-0.39, 0.29) is 0 Å². The normalized spacial score (nSPS) is 15.6. The van der Waals surface area contributed by atoms with Crippen LogP contribution in [0.3, 0.4) is 0 Å². The van der Waals surface area contributed by atoms with Crippen LogP contribution in [-0.4, -0.2) is 13.6 Å². The number of nitrogen functional groups attached to an aromatic ring is 1. The van der Waals surface area contributed by atoms with Gasteiger partial charge in [0, 0.05) is 19.3 Å². The average Bonchev–Trinajstić information content (AvgIpc) is 2.87. The number of hydrogen-bond donors (Lipinski definition) is 1. The molecule has 1 aliphatic rings. The van der Waals surface area contributed by atoms with Crippen molar-refractivity contribution in [3.63, 3.8) is 0 Å². The van der Waals surface area contributed by atoms with Crippen LogP contribution in [0.2, 0.25) is 5.02 Å². The van der Waals surface area contributed by atoms with Gasteiger partial charge in [-0.05, 0) is 37.0 Å². The molecule has 76 valence electrons. The third kappa shape index (κ3) is 2.13. The third-order valence-electron chi connectivity index (χ3n) is 2.61. The fourth-order valence-corrected chi connectivity index (χ4v) is 1.95. The molecule has 3 heteroatoms. The van der Waals surface area contributed by atoms with Crippen LogP contribution in [0.4, 0.5) is 11.4 Å². The smallest absolute Gasteiger partial charge is 0.0659 e. The van der Waals surface area contributed by atoms with Crippen molar-refractivity contribution in [2.24, 2.45) is 5.92 Å². The van der Waals surface area contributed by atoms with Gasteiger partial charge in [0.15, 0.2) is 0 Å². The summed E-state index contributed by atoms with van der Waals surface area (Å²) in [5.41, 5.74) is 7.44. The molecule has 1 aromatic carbocycles. The first kappa shape index (κ1) is 9.66. The summed E-state index contributed by atoms with van der Waals surface area (Å²) in [6.07, 6.45) is 2.72. The Hall–Kier alpha value is -0.890. The summed E-state index contributed by atoms with van der Waals surface area (Å²) in [6.45, 7) is 1.10. The lowest BCUT2D eigenvalue weighted by Crippen LogP contribution is -2.20. The molecule has 0 aliphatic heterocycles. The molecule has 0 radical (unpaired) electrons. The van der Waals surface area contributed by atoms with Gasteiger partial charge in [0.05, 0.1) is 10.7 Å². The lowest BCUT2D eigenvalue weighted by atomic mass is 10.2.